The molecule has 1 nitrogen and oxygen atoms in total. The van der Waals surface area contributed by atoms with E-state index in [1.165, 1.54) is 6.07 Å². The number of nitrogen functional groups attached to an aromatic ring is 1. The van der Waals surface area contributed by atoms with Crippen LogP contribution in [0, 0.1) is 41.0 Å². The first-order valence-electron chi connectivity index (χ1n) is 10.7. The van der Waals surface area contributed by atoms with Crippen LogP contribution in [0.5, 0.6) is 0 Å². The van der Waals surface area contributed by atoms with Gasteiger partial charge in [-0.15, -0.1) is 0 Å². The summed E-state index contributed by atoms with van der Waals surface area (Å²) < 4.78 is 57.0. The van der Waals surface area contributed by atoms with Gasteiger partial charge in [0.05, 0.1) is 5.56 Å². The third kappa shape index (κ3) is 4.36. The lowest BCUT2D eigenvalue weighted by atomic mass is 9.81. The molecule has 1 unspecified atom stereocenters. The van der Waals surface area contributed by atoms with Gasteiger partial charge in [0, 0.05) is 5.56 Å². The van der Waals surface area contributed by atoms with Crippen molar-refractivity contribution in [3.63, 3.8) is 0 Å². The molecule has 1 atom stereocenters. The van der Waals surface area contributed by atoms with Crippen LogP contribution in [0.15, 0.2) is 42.5 Å². The van der Waals surface area contributed by atoms with Crippen molar-refractivity contribution in [1.82, 2.24) is 0 Å². The minimum absolute atomic E-state index is 0.218. The van der Waals surface area contributed by atoms with Gasteiger partial charge in [0.1, 0.15) is 29.0 Å². The summed E-state index contributed by atoms with van der Waals surface area (Å²) in [6, 6.07) is 10.3. The van der Waals surface area contributed by atoms with Crippen molar-refractivity contribution in [2.75, 3.05) is 5.73 Å². The lowest BCUT2D eigenvalue weighted by molar-refractivity contribution is 0.411. The zero-order valence-corrected chi connectivity index (χ0v) is 17.7. The summed E-state index contributed by atoms with van der Waals surface area (Å²) in [5, 5.41) is 0. The third-order valence-electron chi connectivity index (χ3n) is 6.05. The molecule has 32 heavy (non-hydrogen) atoms. The van der Waals surface area contributed by atoms with Crippen molar-refractivity contribution in [3.05, 3.63) is 88.0 Å². The monoisotopic (exact) mass is 437 g/mol. The van der Waals surface area contributed by atoms with Gasteiger partial charge in [0.25, 0.3) is 0 Å². The Kier molecular flexibility index (Phi) is 6.23. The molecule has 0 radical (unpaired) electrons. The highest BCUT2D eigenvalue weighted by Crippen LogP contribution is 2.32. The fourth-order valence-corrected chi connectivity index (χ4v) is 4.32. The highest BCUT2D eigenvalue weighted by Gasteiger charge is 2.24. The molecule has 1 aliphatic rings. The Morgan fingerprint density at radius 3 is 2.25 bits per heavy atom. The molecule has 0 saturated heterocycles. The number of nitrogens with two attached hydrogens (primary N) is 1. The Morgan fingerprint density at radius 2 is 1.59 bits per heavy atom. The lowest BCUT2D eigenvalue weighted by Gasteiger charge is -2.25. The summed E-state index contributed by atoms with van der Waals surface area (Å²) >= 11 is 0. The average molecular weight is 437 g/mol. The van der Waals surface area contributed by atoms with Gasteiger partial charge in [-0.3, -0.25) is 0 Å². The average Bonchev–Trinajstić information content (AvgIpc) is 2.77. The van der Waals surface area contributed by atoms with Crippen LogP contribution >= 0.6 is 0 Å². The molecule has 0 saturated carbocycles. The number of benzene rings is 3. The van der Waals surface area contributed by atoms with Crippen LogP contribution in [0.4, 0.5) is 23.2 Å². The molecule has 0 spiro atoms. The van der Waals surface area contributed by atoms with E-state index in [0.29, 0.717) is 41.0 Å². The van der Waals surface area contributed by atoms with E-state index in [1.807, 2.05) is 0 Å². The zero-order chi connectivity index (χ0) is 22.8. The van der Waals surface area contributed by atoms with Crippen LogP contribution in [-0.4, -0.2) is 0 Å². The van der Waals surface area contributed by atoms with E-state index in [1.54, 1.807) is 24.3 Å². The summed E-state index contributed by atoms with van der Waals surface area (Å²) in [6.45, 7) is 2.12. The van der Waals surface area contributed by atoms with Crippen LogP contribution in [0.1, 0.15) is 48.4 Å². The smallest absolute Gasteiger partial charge is 0.149 e. The van der Waals surface area contributed by atoms with E-state index in [0.717, 1.165) is 37.0 Å². The Hall–Kier alpha value is -3.26. The van der Waals surface area contributed by atoms with Gasteiger partial charge >= 0.3 is 0 Å². The Morgan fingerprint density at radius 1 is 0.906 bits per heavy atom. The quantitative estimate of drug-likeness (QED) is 0.272. The van der Waals surface area contributed by atoms with Gasteiger partial charge in [-0.25, -0.2) is 17.6 Å². The molecule has 0 amide bonds. The van der Waals surface area contributed by atoms with E-state index in [-0.39, 0.29) is 5.56 Å². The SMILES string of the molecule is CCCC1CCc2c(cc(F)c(C#Cc3ccc(-c4cc(F)c(N)c(F)c4)cc3)c2F)C1. The van der Waals surface area contributed by atoms with Crippen molar-refractivity contribution in [2.45, 2.75) is 39.0 Å². The van der Waals surface area contributed by atoms with E-state index < -0.39 is 29.0 Å². The highest BCUT2D eigenvalue weighted by molar-refractivity contribution is 5.67. The third-order valence-corrected chi connectivity index (χ3v) is 6.05. The first kappa shape index (κ1) is 22.0. The summed E-state index contributed by atoms with van der Waals surface area (Å²) in [7, 11) is 0. The van der Waals surface area contributed by atoms with Gasteiger partial charge < -0.3 is 5.73 Å². The zero-order valence-electron chi connectivity index (χ0n) is 17.7. The van der Waals surface area contributed by atoms with Crippen molar-refractivity contribution >= 4 is 5.69 Å². The molecule has 4 rings (SSSR count). The maximum Gasteiger partial charge on any atom is 0.149 e. The summed E-state index contributed by atoms with van der Waals surface area (Å²) in [4.78, 5) is 0. The van der Waals surface area contributed by atoms with Crippen LogP contribution < -0.4 is 5.73 Å². The summed E-state index contributed by atoms with van der Waals surface area (Å²) in [5.74, 6) is 3.03. The molecule has 3 aromatic rings. The fourth-order valence-electron chi connectivity index (χ4n) is 4.32. The first-order valence-corrected chi connectivity index (χ1v) is 10.7. The van der Waals surface area contributed by atoms with E-state index in [4.69, 9.17) is 5.73 Å². The number of halogens is 4. The van der Waals surface area contributed by atoms with Crippen molar-refractivity contribution in [2.24, 2.45) is 5.92 Å². The number of anilines is 1. The Bertz CT molecular complexity index is 1200. The molecular weight excluding hydrogens is 414 g/mol. The molecule has 0 heterocycles. The number of hydrogen-bond acceptors (Lipinski definition) is 1. The largest absolute Gasteiger partial charge is 0.394 e. The van der Waals surface area contributed by atoms with Crippen molar-refractivity contribution in [1.29, 1.82) is 0 Å². The molecule has 0 fully saturated rings. The predicted molar refractivity (Wildman–Crippen MR) is 119 cm³/mol. The van der Waals surface area contributed by atoms with Crippen molar-refractivity contribution in [3.8, 4) is 23.0 Å². The lowest BCUT2D eigenvalue weighted by Crippen LogP contribution is -2.17. The van der Waals surface area contributed by atoms with Gasteiger partial charge in [-0.1, -0.05) is 43.7 Å². The number of hydrogen-bond donors (Lipinski definition) is 1. The minimum atomic E-state index is -0.830. The second kappa shape index (κ2) is 9.08. The van der Waals surface area contributed by atoms with Gasteiger partial charge in [-0.05, 0) is 77.8 Å². The summed E-state index contributed by atoms with van der Waals surface area (Å²) in [6.07, 6.45) is 4.35. The molecule has 5 heteroatoms. The van der Waals surface area contributed by atoms with Crippen molar-refractivity contribution < 1.29 is 17.6 Å². The summed E-state index contributed by atoms with van der Waals surface area (Å²) in [5.41, 5.74) is 7.33. The number of fused-ring (bicyclic) bond motifs is 1. The van der Waals surface area contributed by atoms with E-state index >= 15 is 4.39 Å². The molecule has 1 aliphatic carbocycles. The van der Waals surface area contributed by atoms with Crippen LogP contribution in [0.3, 0.4) is 0 Å². The van der Waals surface area contributed by atoms with Crippen LogP contribution in [0.25, 0.3) is 11.1 Å². The maximum absolute atomic E-state index is 15.0. The normalized spacial score (nSPS) is 15.1. The molecule has 0 bridgehead atoms. The second-order valence-electron chi connectivity index (χ2n) is 8.26. The second-order valence-corrected chi connectivity index (χ2v) is 8.26. The van der Waals surface area contributed by atoms with Gasteiger partial charge in [-0.2, -0.15) is 0 Å². The molecule has 3 aromatic carbocycles. The Balaban J connectivity index is 1.59. The van der Waals surface area contributed by atoms with Gasteiger partial charge in [0.2, 0.25) is 0 Å². The molecule has 2 N–H and O–H groups in total. The van der Waals surface area contributed by atoms with Gasteiger partial charge in [0.15, 0.2) is 0 Å². The molecule has 164 valence electrons. The topological polar surface area (TPSA) is 26.0 Å². The van der Waals surface area contributed by atoms with E-state index in [9.17, 15) is 13.2 Å². The predicted octanol–water partition coefficient (Wildman–Crippen LogP) is 6.80. The molecule has 0 aromatic heterocycles. The number of rotatable bonds is 3. The molecule has 0 aliphatic heterocycles. The first-order chi connectivity index (χ1) is 15.4. The standard InChI is InChI=1S/C27H23F4N/c1-2-3-17-7-10-21-20(12-17)15-23(28)22(26(21)31)11-6-16-4-8-18(9-5-16)19-13-24(29)27(32)25(30)14-19/h4-5,8-9,13-15,17H,2-3,7,10,12,32H2,1H3. The van der Waals surface area contributed by atoms with Crippen LogP contribution in [-0.2, 0) is 12.8 Å². The minimum Gasteiger partial charge on any atom is -0.394 e. The van der Waals surface area contributed by atoms with E-state index in [2.05, 4.69) is 18.8 Å². The maximum atomic E-state index is 15.0. The fraction of sp³-hybridized carbons (Fsp3) is 0.259. The van der Waals surface area contributed by atoms with Crippen LogP contribution in [0.2, 0.25) is 0 Å². The molecular formula is C27H23F4N. The highest BCUT2D eigenvalue weighted by atomic mass is 19.1. The Labute approximate surface area is 185 Å².